The van der Waals surface area contributed by atoms with E-state index in [0.717, 1.165) is 11.6 Å². The Morgan fingerprint density at radius 3 is 2.33 bits per heavy atom. The molecule has 4 heteroatoms. The van der Waals surface area contributed by atoms with Crippen LogP contribution in [0.15, 0.2) is 48.5 Å². The Balaban J connectivity index is 2.35. The average Bonchev–Trinajstić information content (AvgIpc) is 2.28. The molecule has 0 N–H and O–H groups in total. The van der Waals surface area contributed by atoms with E-state index in [4.69, 9.17) is 4.74 Å². The molecule has 0 amide bonds. The summed E-state index contributed by atoms with van der Waals surface area (Å²) in [5, 5.41) is 0. The highest BCUT2D eigenvalue weighted by molar-refractivity contribution is 5.40. The lowest BCUT2D eigenvalue weighted by molar-refractivity contribution is -0.138. The first-order chi connectivity index (χ1) is 8.47. The van der Waals surface area contributed by atoms with Crippen LogP contribution in [0.3, 0.4) is 0 Å². The van der Waals surface area contributed by atoms with E-state index in [2.05, 4.69) is 0 Å². The maximum Gasteiger partial charge on any atom is 0.419 e. The molecule has 0 unspecified atom stereocenters. The molecule has 2 aromatic rings. The molecule has 0 aliphatic carbocycles. The van der Waals surface area contributed by atoms with Crippen molar-refractivity contribution in [3.8, 4) is 11.5 Å². The lowest BCUT2D eigenvalue weighted by Gasteiger charge is -2.13. The number of alkyl halides is 3. The van der Waals surface area contributed by atoms with Crippen LogP contribution >= 0.6 is 0 Å². The van der Waals surface area contributed by atoms with Gasteiger partial charge in [-0.3, -0.25) is 0 Å². The molecular weight excluding hydrogens is 241 g/mol. The van der Waals surface area contributed by atoms with Crippen LogP contribution in [0.5, 0.6) is 11.5 Å². The number of benzene rings is 2. The van der Waals surface area contributed by atoms with Crippen molar-refractivity contribution in [3.05, 3.63) is 59.7 Å². The van der Waals surface area contributed by atoms with Crippen molar-refractivity contribution in [1.82, 2.24) is 0 Å². The molecule has 0 atom stereocenters. The second-order valence-corrected chi connectivity index (χ2v) is 3.91. The van der Waals surface area contributed by atoms with Crippen molar-refractivity contribution in [2.75, 3.05) is 0 Å². The van der Waals surface area contributed by atoms with Gasteiger partial charge in [-0.15, -0.1) is 0 Å². The summed E-state index contributed by atoms with van der Waals surface area (Å²) in [6.45, 7) is 1.85. The second-order valence-electron chi connectivity index (χ2n) is 3.91. The molecular formula is C14H11F3O. The fourth-order valence-electron chi connectivity index (χ4n) is 1.60. The number of rotatable bonds is 2. The second kappa shape index (κ2) is 4.72. The molecule has 94 valence electrons. The fraction of sp³-hybridized carbons (Fsp3) is 0.143. The molecule has 18 heavy (non-hydrogen) atoms. The van der Waals surface area contributed by atoms with Gasteiger partial charge in [-0.25, -0.2) is 0 Å². The third-order valence-corrected chi connectivity index (χ3v) is 2.41. The molecule has 0 saturated carbocycles. The van der Waals surface area contributed by atoms with Gasteiger partial charge in [-0.1, -0.05) is 24.3 Å². The quantitative estimate of drug-likeness (QED) is 0.745. The Labute approximate surface area is 103 Å². The van der Waals surface area contributed by atoms with E-state index in [1.165, 1.54) is 18.2 Å². The SMILES string of the molecule is Cc1cccc(Oc2ccccc2C(F)(F)F)c1. The normalized spacial score (nSPS) is 11.3. The van der Waals surface area contributed by atoms with E-state index >= 15 is 0 Å². The summed E-state index contributed by atoms with van der Waals surface area (Å²) in [6, 6.07) is 12.1. The maximum atomic E-state index is 12.8. The zero-order valence-corrected chi connectivity index (χ0v) is 9.66. The molecule has 0 bridgehead atoms. The summed E-state index contributed by atoms with van der Waals surface area (Å²) in [5.41, 5.74) is 0.156. The molecule has 0 aromatic heterocycles. The molecule has 0 saturated heterocycles. The highest BCUT2D eigenvalue weighted by atomic mass is 19.4. The number of hydrogen-bond donors (Lipinski definition) is 0. The van der Waals surface area contributed by atoms with Crippen LogP contribution in [0.4, 0.5) is 13.2 Å². The van der Waals surface area contributed by atoms with Gasteiger partial charge in [0.2, 0.25) is 0 Å². The molecule has 2 rings (SSSR count). The predicted octanol–water partition coefficient (Wildman–Crippen LogP) is 4.81. The summed E-state index contributed by atoms with van der Waals surface area (Å²) in [4.78, 5) is 0. The number of para-hydroxylation sites is 1. The van der Waals surface area contributed by atoms with E-state index in [-0.39, 0.29) is 5.75 Å². The predicted molar refractivity (Wildman–Crippen MR) is 62.7 cm³/mol. The fourth-order valence-corrected chi connectivity index (χ4v) is 1.60. The molecule has 0 spiro atoms. The molecule has 2 aromatic carbocycles. The van der Waals surface area contributed by atoms with Crippen LogP contribution in [0.25, 0.3) is 0 Å². The van der Waals surface area contributed by atoms with Gasteiger partial charge in [0.15, 0.2) is 0 Å². The Kier molecular flexibility index (Phi) is 3.28. The zero-order valence-electron chi connectivity index (χ0n) is 9.66. The minimum Gasteiger partial charge on any atom is -0.457 e. The van der Waals surface area contributed by atoms with Gasteiger partial charge >= 0.3 is 6.18 Å². The van der Waals surface area contributed by atoms with Crippen LogP contribution in [0.1, 0.15) is 11.1 Å². The van der Waals surface area contributed by atoms with Crippen molar-refractivity contribution in [2.45, 2.75) is 13.1 Å². The number of halogens is 3. The third kappa shape index (κ3) is 2.83. The molecule has 0 heterocycles. The van der Waals surface area contributed by atoms with Crippen molar-refractivity contribution in [2.24, 2.45) is 0 Å². The van der Waals surface area contributed by atoms with Crippen molar-refractivity contribution >= 4 is 0 Å². The van der Waals surface area contributed by atoms with Crippen LogP contribution in [0, 0.1) is 6.92 Å². The van der Waals surface area contributed by atoms with Gasteiger partial charge in [0, 0.05) is 0 Å². The molecule has 1 nitrogen and oxygen atoms in total. The summed E-state index contributed by atoms with van der Waals surface area (Å²) in [6.07, 6.45) is -4.42. The summed E-state index contributed by atoms with van der Waals surface area (Å²) >= 11 is 0. The van der Waals surface area contributed by atoms with Crippen LogP contribution in [-0.4, -0.2) is 0 Å². The minimum absolute atomic E-state index is 0.185. The standard InChI is InChI=1S/C14H11F3O/c1-10-5-4-6-11(9-10)18-13-8-3-2-7-12(13)14(15,16)17/h2-9H,1H3. The van der Waals surface area contributed by atoms with Gasteiger partial charge in [0.25, 0.3) is 0 Å². The zero-order chi connectivity index (χ0) is 13.2. The minimum atomic E-state index is -4.42. The van der Waals surface area contributed by atoms with Gasteiger partial charge in [0.05, 0.1) is 5.56 Å². The smallest absolute Gasteiger partial charge is 0.419 e. The highest BCUT2D eigenvalue weighted by Gasteiger charge is 2.34. The summed E-state index contributed by atoms with van der Waals surface area (Å²) in [5.74, 6) is 0.210. The summed E-state index contributed by atoms with van der Waals surface area (Å²) < 4.78 is 43.5. The Morgan fingerprint density at radius 1 is 0.944 bits per heavy atom. The van der Waals surface area contributed by atoms with Gasteiger partial charge in [0.1, 0.15) is 11.5 Å². The monoisotopic (exact) mass is 252 g/mol. The number of ether oxygens (including phenoxy) is 1. The third-order valence-electron chi connectivity index (χ3n) is 2.41. The summed E-state index contributed by atoms with van der Waals surface area (Å²) in [7, 11) is 0. The maximum absolute atomic E-state index is 12.8. The highest BCUT2D eigenvalue weighted by Crippen LogP contribution is 2.37. The molecule has 0 aliphatic heterocycles. The van der Waals surface area contributed by atoms with Gasteiger partial charge in [-0.05, 0) is 36.8 Å². The topological polar surface area (TPSA) is 9.23 Å². The van der Waals surface area contributed by atoms with Crippen LogP contribution in [-0.2, 0) is 6.18 Å². The lowest BCUT2D eigenvalue weighted by Crippen LogP contribution is -2.06. The van der Waals surface area contributed by atoms with Gasteiger partial charge in [-0.2, -0.15) is 13.2 Å². The lowest BCUT2D eigenvalue weighted by atomic mass is 10.2. The van der Waals surface area contributed by atoms with E-state index in [9.17, 15) is 13.2 Å². The molecule has 0 radical (unpaired) electrons. The van der Waals surface area contributed by atoms with E-state index < -0.39 is 11.7 Å². The molecule has 0 fully saturated rings. The van der Waals surface area contributed by atoms with E-state index in [1.54, 1.807) is 18.2 Å². The average molecular weight is 252 g/mol. The van der Waals surface area contributed by atoms with Crippen LogP contribution in [0.2, 0.25) is 0 Å². The first-order valence-electron chi connectivity index (χ1n) is 5.37. The van der Waals surface area contributed by atoms with E-state index in [0.29, 0.717) is 5.75 Å². The molecule has 0 aliphatic rings. The Hall–Kier alpha value is -1.97. The van der Waals surface area contributed by atoms with Gasteiger partial charge < -0.3 is 4.74 Å². The van der Waals surface area contributed by atoms with Crippen LogP contribution < -0.4 is 4.74 Å². The van der Waals surface area contributed by atoms with E-state index in [1.807, 2.05) is 13.0 Å². The first-order valence-corrected chi connectivity index (χ1v) is 5.37. The first kappa shape index (κ1) is 12.5. The Bertz CT molecular complexity index is 547. The largest absolute Gasteiger partial charge is 0.457 e. The van der Waals surface area contributed by atoms with Crippen molar-refractivity contribution in [3.63, 3.8) is 0 Å². The number of aryl methyl sites for hydroxylation is 1. The van der Waals surface area contributed by atoms with Crippen molar-refractivity contribution in [1.29, 1.82) is 0 Å². The number of hydrogen-bond acceptors (Lipinski definition) is 1. The van der Waals surface area contributed by atoms with Crippen molar-refractivity contribution < 1.29 is 17.9 Å². The Morgan fingerprint density at radius 2 is 1.67 bits per heavy atom.